The van der Waals surface area contributed by atoms with Crippen molar-refractivity contribution in [3.63, 3.8) is 0 Å². The van der Waals surface area contributed by atoms with Gasteiger partial charge in [-0.25, -0.2) is 0 Å². The van der Waals surface area contributed by atoms with Crippen LogP contribution in [0.4, 0.5) is 23.3 Å². The van der Waals surface area contributed by atoms with Crippen LogP contribution in [0.25, 0.3) is 0 Å². The summed E-state index contributed by atoms with van der Waals surface area (Å²) in [5.41, 5.74) is 2.27. The van der Waals surface area contributed by atoms with Crippen molar-refractivity contribution in [2.45, 2.75) is 6.92 Å². The zero-order valence-corrected chi connectivity index (χ0v) is 15.5. The third kappa shape index (κ3) is 4.55. The Balaban J connectivity index is 1.89. The van der Waals surface area contributed by atoms with Gasteiger partial charge >= 0.3 is 0 Å². The molecule has 0 aliphatic heterocycles. The van der Waals surface area contributed by atoms with Crippen molar-refractivity contribution < 1.29 is 0 Å². The summed E-state index contributed by atoms with van der Waals surface area (Å²) < 4.78 is 0. The lowest BCUT2D eigenvalue weighted by atomic mass is 10.1. The van der Waals surface area contributed by atoms with Gasteiger partial charge in [-0.15, -0.1) is 0 Å². The highest BCUT2D eigenvalue weighted by atomic mass is 35.5. The molecule has 0 spiro atoms. The van der Waals surface area contributed by atoms with Crippen LogP contribution in [0.1, 0.15) is 5.56 Å². The predicted molar refractivity (Wildman–Crippen MR) is 97.4 cm³/mol. The fourth-order valence-corrected chi connectivity index (χ4v) is 2.64. The number of aromatic nitrogens is 6. The van der Waals surface area contributed by atoms with E-state index >= 15 is 0 Å². The van der Waals surface area contributed by atoms with E-state index in [0.717, 1.165) is 16.9 Å². The first-order valence-corrected chi connectivity index (χ1v) is 8.20. The molecule has 3 rings (SSSR count). The van der Waals surface area contributed by atoms with Gasteiger partial charge in [0, 0.05) is 11.4 Å². The van der Waals surface area contributed by atoms with E-state index in [2.05, 4.69) is 40.5 Å². The van der Waals surface area contributed by atoms with Crippen molar-refractivity contribution >= 4 is 69.7 Å². The summed E-state index contributed by atoms with van der Waals surface area (Å²) in [4.78, 5) is 23.3. The van der Waals surface area contributed by atoms with E-state index in [9.17, 15) is 0 Å². The first-order chi connectivity index (χ1) is 11.9. The summed E-state index contributed by atoms with van der Waals surface area (Å²) >= 11 is 23.1. The van der Waals surface area contributed by atoms with Crippen molar-refractivity contribution in [2.75, 3.05) is 10.6 Å². The summed E-state index contributed by atoms with van der Waals surface area (Å²) in [5, 5.41) is 6.01. The second kappa shape index (κ2) is 7.49. The second-order valence-electron chi connectivity index (χ2n) is 4.62. The first kappa shape index (κ1) is 17.8. The van der Waals surface area contributed by atoms with Crippen LogP contribution in [-0.4, -0.2) is 29.9 Å². The number of hydrogen-bond donors (Lipinski definition) is 2. The Morgan fingerprint density at radius 2 is 1.00 bits per heavy atom. The smallest absolute Gasteiger partial charge is 0.232 e. The van der Waals surface area contributed by atoms with Crippen LogP contribution in [-0.2, 0) is 0 Å². The van der Waals surface area contributed by atoms with Gasteiger partial charge in [0.2, 0.25) is 33.0 Å². The topological polar surface area (TPSA) is 101 Å². The van der Waals surface area contributed by atoms with E-state index < -0.39 is 0 Å². The van der Waals surface area contributed by atoms with Crippen molar-refractivity contribution in [1.82, 2.24) is 29.9 Å². The van der Waals surface area contributed by atoms with E-state index in [0.29, 0.717) is 0 Å². The Bertz CT molecular complexity index is 824. The average Bonchev–Trinajstić information content (AvgIpc) is 2.49. The number of rotatable bonds is 4. The molecule has 2 aromatic heterocycles. The SMILES string of the molecule is Cc1c(Nc2nc(Cl)nc(Cl)n2)cccc1Nc1nc(Cl)nc(Cl)n1. The number of anilines is 4. The van der Waals surface area contributed by atoms with Gasteiger partial charge in [-0.2, -0.15) is 29.9 Å². The molecule has 3 aromatic rings. The van der Waals surface area contributed by atoms with Gasteiger partial charge in [0.15, 0.2) is 0 Å². The average molecular weight is 418 g/mol. The molecule has 8 nitrogen and oxygen atoms in total. The van der Waals surface area contributed by atoms with Gasteiger partial charge in [-0.05, 0) is 71.0 Å². The molecule has 0 saturated heterocycles. The molecule has 0 radical (unpaired) electrons. The third-order valence-corrected chi connectivity index (χ3v) is 3.66. The van der Waals surface area contributed by atoms with Gasteiger partial charge in [-0.1, -0.05) is 6.07 Å². The van der Waals surface area contributed by atoms with Crippen molar-refractivity contribution in [3.05, 3.63) is 44.9 Å². The normalized spacial score (nSPS) is 10.6. The largest absolute Gasteiger partial charge is 0.324 e. The Hall–Kier alpha value is -2.00. The molecule has 0 saturated carbocycles. The quantitative estimate of drug-likeness (QED) is 0.641. The number of halogens is 4. The van der Waals surface area contributed by atoms with E-state index in [1.54, 1.807) is 0 Å². The molecule has 0 unspecified atom stereocenters. The van der Waals surface area contributed by atoms with Crippen LogP contribution in [0.2, 0.25) is 21.1 Å². The second-order valence-corrected chi connectivity index (χ2v) is 5.97. The lowest BCUT2D eigenvalue weighted by Gasteiger charge is -2.13. The number of hydrogen-bond acceptors (Lipinski definition) is 8. The zero-order valence-electron chi connectivity index (χ0n) is 12.4. The molecule has 0 amide bonds. The number of nitrogens with one attached hydrogen (secondary N) is 2. The van der Waals surface area contributed by atoms with Gasteiger partial charge in [0.05, 0.1) is 0 Å². The van der Waals surface area contributed by atoms with E-state index in [1.165, 1.54) is 0 Å². The summed E-state index contributed by atoms with van der Waals surface area (Å²) in [5.74, 6) is 0.438. The number of benzene rings is 1. The summed E-state index contributed by atoms with van der Waals surface area (Å²) in [7, 11) is 0. The van der Waals surface area contributed by atoms with Crippen LogP contribution in [0, 0.1) is 6.92 Å². The monoisotopic (exact) mass is 416 g/mol. The van der Waals surface area contributed by atoms with Gasteiger partial charge < -0.3 is 10.6 Å². The highest BCUT2D eigenvalue weighted by molar-refractivity contribution is 6.31. The molecular formula is C13H8Cl4N8. The molecule has 2 heterocycles. The van der Waals surface area contributed by atoms with E-state index in [4.69, 9.17) is 46.4 Å². The van der Waals surface area contributed by atoms with Crippen LogP contribution in [0.3, 0.4) is 0 Å². The molecule has 128 valence electrons. The van der Waals surface area contributed by atoms with Gasteiger partial charge in [0.25, 0.3) is 0 Å². The molecule has 0 aliphatic carbocycles. The van der Waals surface area contributed by atoms with Crippen LogP contribution >= 0.6 is 46.4 Å². The van der Waals surface area contributed by atoms with Crippen molar-refractivity contribution in [1.29, 1.82) is 0 Å². The predicted octanol–water partition coefficient (Wildman–Crippen LogP) is 4.47. The molecule has 25 heavy (non-hydrogen) atoms. The lowest BCUT2D eigenvalue weighted by Crippen LogP contribution is -2.04. The van der Waals surface area contributed by atoms with Crippen LogP contribution < -0.4 is 10.6 Å². The van der Waals surface area contributed by atoms with Crippen molar-refractivity contribution in [3.8, 4) is 0 Å². The van der Waals surface area contributed by atoms with E-state index in [1.807, 2.05) is 25.1 Å². The highest BCUT2D eigenvalue weighted by Crippen LogP contribution is 2.27. The van der Waals surface area contributed by atoms with Crippen LogP contribution in [0.15, 0.2) is 18.2 Å². The number of nitrogens with zero attached hydrogens (tertiary/aromatic N) is 6. The third-order valence-electron chi connectivity index (χ3n) is 2.99. The fourth-order valence-electron chi connectivity index (χ4n) is 1.91. The van der Waals surface area contributed by atoms with Crippen molar-refractivity contribution in [2.24, 2.45) is 0 Å². The van der Waals surface area contributed by atoms with Gasteiger partial charge in [-0.3, -0.25) is 0 Å². The summed E-state index contributed by atoms with van der Waals surface area (Å²) in [6, 6.07) is 5.48. The summed E-state index contributed by atoms with van der Waals surface area (Å²) in [6.07, 6.45) is 0. The molecule has 0 atom stereocenters. The zero-order chi connectivity index (χ0) is 18.0. The minimum Gasteiger partial charge on any atom is -0.324 e. The molecule has 1 aromatic carbocycles. The summed E-state index contributed by atoms with van der Waals surface area (Å²) in [6.45, 7) is 1.87. The Morgan fingerprint density at radius 3 is 1.36 bits per heavy atom. The Kier molecular flexibility index (Phi) is 5.33. The fraction of sp³-hybridized carbons (Fsp3) is 0.0769. The molecule has 0 fully saturated rings. The minimum absolute atomic E-state index is 0.0103. The molecule has 0 aliphatic rings. The molecule has 12 heteroatoms. The van der Waals surface area contributed by atoms with Gasteiger partial charge in [0.1, 0.15) is 0 Å². The van der Waals surface area contributed by atoms with E-state index in [-0.39, 0.29) is 33.0 Å². The lowest BCUT2D eigenvalue weighted by molar-refractivity contribution is 1.05. The maximum absolute atomic E-state index is 5.78. The maximum atomic E-state index is 5.78. The standard InChI is InChI=1S/C13H8Cl4N8/c1-5-6(18-12-22-8(14)20-9(15)23-12)3-2-4-7(5)19-13-24-10(16)21-11(17)25-13/h2-4H,1H3,(H,18,20,22,23)(H,19,21,24,25). The Labute approximate surface area is 162 Å². The Morgan fingerprint density at radius 1 is 0.640 bits per heavy atom. The first-order valence-electron chi connectivity index (χ1n) is 6.68. The molecular weight excluding hydrogens is 410 g/mol. The van der Waals surface area contributed by atoms with Crippen LogP contribution in [0.5, 0.6) is 0 Å². The molecule has 0 bridgehead atoms. The minimum atomic E-state index is -0.0103. The maximum Gasteiger partial charge on any atom is 0.232 e. The molecule has 2 N–H and O–H groups in total. The highest BCUT2D eigenvalue weighted by Gasteiger charge is 2.10.